The van der Waals surface area contributed by atoms with Crippen LogP contribution >= 0.6 is 0 Å². The van der Waals surface area contributed by atoms with Crippen molar-refractivity contribution in [1.82, 2.24) is 10.6 Å². The molecule has 0 spiro atoms. The second kappa shape index (κ2) is 6.64. The fourth-order valence-corrected chi connectivity index (χ4v) is 2.76. The molecule has 1 fully saturated rings. The fraction of sp³-hybridized carbons (Fsp3) is 0.562. The van der Waals surface area contributed by atoms with Gasteiger partial charge >= 0.3 is 6.03 Å². The quantitative estimate of drug-likeness (QED) is 0.886. The second-order valence-corrected chi connectivity index (χ2v) is 5.57. The monoisotopic (exact) mass is 276 g/mol. The Kier molecular flexibility index (Phi) is 4.88. The highest BCUT2D eigenvalue weighted by Gasteiger charge is 2.19. The summed E-state index contributed by atoms with van der Waals surface area (Å²) in [5.41, 5.74) is 2.17. The second-order valence-electron chi connectivity index (χ2n) is 5.57. The number of carbonyl (C=O) groups is 1. The molecule has 2 rings (SSSR count). The highest BCUT2D eigenvalue weighted by atomic mass is 16.5. The van der Waals surface area contributed by atoms with Gasteiger partial charge in [-0.25, -0.2) is 4.79 Å². The Balaban J connectivity index is 1.98. The molecule has 0 aromatic heterocycles. The van der Waals surface area contributed by atoms with Crippen LogP contribution in [0.25, 0.3) is 0 Å². The van der Waals surface area contributed by atoms with Crippen molar-refractivity contribution < 1.29 is 9.53 Å². The minimum absolute atomic E-state index is 0.0775. The summed E-state index contributed by atoms with van der Waals surface area (Å²) in [5.74, 6) is 0.810. The first-order valence-electron chi connectivity index (χ1n) is 7.31. The van der Waals surface area contributed by atoms with E-state index in [2.05, 4.69) is 16.7 Å². The van der Waals surface area contributed by atoms with Gasteiger partial charge in [-0.15, -0.1) is 0 Å². The molecule has 1 aliphatic carbocycles. The van der Waals surface area contributed by atoms with E-state index in [0.29, 0.717) is 6.04 Å². The van der Waals surface area contributed by atoms with Gasteiger partial charge in [-0.05, 0) is 32.8 Å². The number of urea groups is 1. The van der Waals surface area contributed by atoms with Gasteiger partial charge in [0.1, 0.15) is 5.75 Å². The summed E-state index contributed by atoms with van der Waals surface area (Å²) in [6.45, 7) is 4.01. The van der Waals surface area contributed by atoms with Gasteiger partial charge in [-0.1, -0.05) is 30.5 Å². The zero-order valence-corrected chi connectivity index (χ0v) is 12.5. The molecular formula is C16H24N2O2. The van der Waals surface area contributed by atoms with Gasteiger partial charge in [-0.2, -0.15) is 0 Å². The molecule has 1 aromatic rings. The average molecular weight is 276 g/mol. The molecule has 2 amide bonds. The summed E-state index contributed by atoms with van der Waals surface area (Å²) in [6, 6.07) is 6.17. The first-order chi connectivity index (χ1) is 9.60. The van der Waals surface area contributed by atoms with Crippen LogP contribution in [0.4, 0.5) is 4.79 Å². The molecule has 1 atom stereocenters. The number of amides is 2. The van der Waals surface area contributed by atoms with Crippen LogP contribution in [0.5, 0.6) is 5.75 Å². The molecule has 1 aromatic carbocycles. The Morgan fingerprint density at radius 2 is 2.05 bits per heavy atom. The third kappa shape index (κ3) is 3.65. The van der Waals surface area contributed by atoms with Crippen molar-refractivity contribution in [2.45, 2.75) is 51.6 Å². The van der Waals surface area contributed by atoms with Crippen LogP contribution < -0.4 is 15.4 Å². The Morgan fingerprint density at radius 3 is 2.70 bits per heavy atom. The number of benzene rings is 1. The molecule has 4 heteroatoms. The molecule has 0 saturated heterocycles. The summed E-state index contributed by atoms with van der Waals surface area (Å²) < 4.78 is 5.36. The Labute approximate surface area is 120 Å². The largest absolute Gasteiger partial charge is 0.496 e. The van der Waals surface area contributed by atoms with Gasteiger partial charge in [0.2, 0.25) is 0 Å². The maximum absolute atomic E-state index is 12.0. The minimum Gasteiger partial charge on any atom is -0.496 e. The summed E-state index contributed by atoms with van der Waals surface area (Å²) in [7, 11) is 1.65. The van der Waals surface area contributed by atoms with Crippen LogP contribution in [0.3, 0.4) is 0 Å². The minimum atomic E-state index is -0.0899. The first kappa shape index (κ1) is 14.7. The van der Waals surface area contributed by atoms with Gasteiger partial charge in [0.15, 0.2) is 0 Å². The van der Waals surface area contributed by atoms with Crippen molar-refractivity contribution in [3.05, 3.63) is 29.3 Å². The van der Waals surface area contributed by atoms with E-state index in [-0.39, 0.29) is 12.1 Å². The van der Waals surface area contributed by atoms with Crippen LogP contribution in [0.1, 0.15) is 49.8 Å². The van der Waals surface area contributed by atoms with E-state index < -0.39 is 0 Å². The van der Waals surface area contributed by atoms with Crippen LogP contribution in [0.2, 0.25) is 0 Å². The molecule has 1 unspecified atom stereocenters. The van der Waals surface area contributed by atoms with Crippen LogP contribution in [-0.2, 0) is 0 Å². The molecule has 2 N–H and O–H groups in total. The number of ether oxygens (including phenoxy) is 1. The zero-order chi connectivity index (χ0) is 14.5. The van der Waals surface area contributed by atoms with Crippen LogP contribution in [0.15, 0.2) is 18.2 Å². The number of methoxy groups -OCH3 is 1. The predicted molar refractivity (Wildman–Crippen MR) is 80.1 cm³/mol. The van der Waals surface area contributed by atoms with Crippen molar-refractivity contribution in [3.8, 4) is 5.75 Å². The normalized spacial score (nSPS) is 16.8. The number of hydrogen-bond donors (Lipinski definition) is 2. The highest BCUT2D eigenvalue weighted by Crippen LogP contribution is 2.26. The van der Waals surface area contributed by atoms with Gasteiger partial charge in [0.25, 0.3) is 0 Å². The van der Waals surface area contributed by atoms with E-state index in [4.69, 9.17) is 4.74 Å². The third-order valence-corrected chi connectivity index (χ3v) is 3.89. The molecule has 0 bridgehead atoms. The number of carbonyl (C=O) groups excluding carboxylic acids is 1. The molecule has 1 aliphatic rings. The average Bonchev–Trinajstić information content (AvgIpc) is 2.91. The molecule has 1 saturated carbocycles. The number of rotatable bonds is 4. The van der Waals surface area contributed by atoms with Gasteiger partial charge in [0.05, 0.1) is 13.2 Å². The summed E-state index contributed by atoms with van der Waals surface area (Å²) in [5, 5.41) is 6.04. The van der Waals surface area contributed by atoms with E-state index in [1.807, 2.05) is 26.0 Å². The summed E-state index contributed by atoms with van der Waals surface area (Å²) >= 11 is 0. The maximum Gasteiger partial charge on any atom is 0.315 e. The van der Waals surface area contributed by atoms with E-state index in [9.17, 15) is 4.79 Å². The maximum atomic E-state index is 12.0. The topological polar surface area (TPSA) is 50.4 Å². The Morgan fingerprint density at radius 1 is 1.35 bits per heavy atom. The van der Waals surface area contributed by atoms with Crippen molar-refractivity contribution in [2.24, 2.45) is 0 Å². The molecule has 110 valence electrons. The SMILES string of the molecule is COc1ccc(C)cc1C(C)NC(=O)NC1CCCC1. The Bertz CT molecular complexity index is 468. The lowest BCUT2D eigenvalue weighted by Crippen LogP contribution is -2.41. The predicted octanol–water partition coefficient (Wildman–Crippen LogP) is 3.31. The molecule has 4 nitrogen and oxygen atoms in total. The van der Waals surface area contributed by atoms with E-state index in [1.165, 1.54) is 12.8 Å². The summed E-state index contributed by atoms with van der Waals surface area (Å²) in [4.78, 5) is 12.0. The molecular weight excluding hydrogens is 252 g/mol. The van der Waals surface area contributed by atoms with Crippen LogP contribution in [0, 0.1) is 6.92 Å². The highest BCUT2D eigenvalue weighted by molar-refractivity contribution is 5.75. The van der Waals surface area contributed by atoms with Crippen molar-refractivity contribution in [1.29, 1.82) is 0 Å². The van der Waals surface area contributed by atoms with Gasteiger partial charge in [0, 0.05) is 11.6 Å². The van der Waals surface area contributed by atoms with Crippen molar-refractivity contribution in [2.75, 3.05) is 7.11 Å². The molecule has 20 heavy (non-hydrogen) atoms. The van der Waals surface area contributed by atoms with E-state index in [1.54, 1.807) is 7.11 Å². The standard InChI is InChI=1S/C16H24N2O2/c1-11-8-9-15(20-3)14(10-11)12(2)17-16(19)18-13-6-4-5-7-13/h8-10,12-13H,4-7H2,1-3H3,(H2,17,18,19). The lowest BCUT2D eigenvalue weighted by molar-refractivity contribution is 0.234. The van der Waals surface area contributed by atoms with Gasteiger partial charge in [-0.3, -0.25) is 0 Å². The molecule has 0 aliphatic heterocycles. The lowest BCUT2D eigenvalue weighted by atomic mass is 10.0. The van der Waals surface area contributed by atoms with E-state index >= 15 is 0 Å². The van der Waals surface area contributed by atoms with Crippen LogP contribution in [-0.4, -0.2) is 19.2 Å². The van der Waals surface area contributed by atoms with Crippen molar-refractivity contribution >= 4 is 6.03 Å². The number of nitrogens with one attached hydrogen (secondary N) is 2. The molecule has 0 radical (unpaired) electrons. The third-order valence-electron chi connectivity index (χ3n) is 3.89. The zero-order valence-electron chi connectivity index (χ0n) is 12.5. The fourth-order valence-electron chi connectivity index (χ4n) is 2.76. The number of hydrogen-bond acceptors (Lipinski definition) is 2. The molecule has 0 heterocycles. The Hall–Kier alpha value is -1.71. The lowest BCUT2D eigenvalue weighted by Gasteiger charge is -2.20. The smallest absolute Gasteiger partial charge is 0.315 e. The number of aryl methyl sites for hydroxylation is 1. The van der Waals surface area contributed by atoms with Crippen molar-refractivity contribution in [3.63, 3.8) is 0 Å². The van der Waals surface area contributed by atoms with Gasteiger partial charge < -0.3 is 15.4 Å². The summed E-state index contributed by atoms with van der Waals surface area (Å²) in [6.07, 6.45) is 4.61. The van der Waals surface area contributed by atoms with E-state index in [0.717, 1.165) is 29.7 Å². The first-order valence-corrected chi connectivity index (χ1v) is 7.31.